The molecule has 0 rings (SSSR count). The van der Waals surface area contributed by atoms with Gasteiger partial charge in [0, 0.05) is 0 Å². The van der Waals surface area contributed by atoms with Crippen molar-refractivity contribution in [2.75, 3.05) is 5.75 Å². The van der Waals surface area contributed by atoms with Crippen LogP contribution in [-0.4, -0.2) is 30.6 Å². The van der Waals surface area contributed by atoms with Crippen molar-refractivity contribution in [2.45, 2.75) is 31.6 Å². The quantitative estimate of drug-likeness (QED) is 0.598. The molecule has 6 heteroatoms. The van der Waals surface area contributed by atoms with E-state index in [4.69, 9.17) is 10.8 Å². The van der Waals surface area contributed by atoms with Gasteiger partial charge in [0.1, 0.15) is 0 Å². The normalized spacial score (nSPS) is 14.0. The molecule has 0 bridgehead atoms. The van der Waals surface area contributed by atoms with Gasteiger partial charge in [-0.15, -0.1) is 0 Å². The molecule has 3 N–H and O–H groups in total. The number of carboxylic acids is 1. The molecule has 0 saturated carbocycles. The van der Waals surface area contributed by atoms with Crippen LogP contribution in [0.2, 0.25) is 0 Å². The third kappa shape index (κ3) is 4.23. The van der Waals surface area contributed by atoms with Gasteiger partial charge >= 0.3 is 5.97 Å². The molecule has 0 amide bonds. The van der Waals surface area contributed by atoms with Gasteiger partial charge in [-0.2, -0.15) is 0 Å². The SMILES string of the molecule is CCCCCS(=O)(=O)C(N)C(=O)O. The Morgan fingerprint density at radius 1 is 1.46 bits per heavy atom. The molecule has 78 valence electrons. The Bertz CT molecular complexity index is 260. The van der Waals surface area contributed by atoms with Crippen molar-refractivity contribution < 1.29 is 18.3 Å². The van der Waals surface area contributed by atoms with E-state index in [1.54, 1.807) is 0 Å². The molecule has 0 saturated heterocycles. The van der Waals surface area contributed by atoms with Gasteiger partial charge in [-0.05, 0) is 6.42 Å². The molecule has 0 aromatic carbocycles. The average molecular weight is 209 g/mol. The number of carboxylic acid groups (broad SMARTS) is 1. The number of hydrogen-bond acceptors (Lipinski definition) is 4. The highest BCUT2D eigenvalue weighted by molar-refractivity contribution is 7.92. The van der Waals surface area contributed by atoms with Crippen molar-refractivity contribution >= 4 is 15.8 Å². The summed E-state index contributed by atoms with van der Waals surface area (Å²) in [5.74, 6) is -1.63. The summed E-state index contributed by atoms with van der Waals surface area (Å²) in [7, 11) is -3.65. The molecule has 1 atom stereocenters. The first-order valence-corrected chi connectivity index (χ1v) is 5.83. The molecule has 0 fully saturated rings. The molecule has 0 aromatic heterocycles. The number of aliphatic carboxylic acids is 1. The highest BCUT2D eigenvalue weighted by atomic mass is 32.2. The monoisotopic (exact) mass is 209 g/mol. The van der Waals surface area contributed by atoms with Crippen LogP contribution in [0.5, 0.6) is 0 Å². The van der Waals surface area contributed by atoms with Crippen LogP contribution in [0.4, 0.5) is 0 Å². The van der Waals surface area contributed by atoms with Gasteiger partial charge in [0.25, 0.3) is 0 Å². The minimum absolute atomic E-state index is 0.145. The molecular weight excluding hydrogens is 194 g/mol. The topological polar surface area (TPSA) is 97.5 Å². The zero-order valence-corrected chi connectivity index (χ0v) is 8.38. The fourth-order valence-electron chi connectivity index (χ4n) is 0.834. The largest absolute Gasteiger partial charge is 0.479 e. The van der Waals surface area contributed by atoms with Crippen LogP contribution in [0.1, 0.15) is 26.2 Å². The Balaban J connectivity index is 4.16. The molecule has 0 radical (unpaired) electrons. The van der Waals surface area contributed by atoms with Crippen molar-refractivity contribution in [3.8, 4) is 0 Å². The van der Waals surface area contributed by atoms with Gasteiger partial charge in [0.2, 0.25) is 5.37 Å². The number of unbranched alkanes of at least 4 members (excludes halogenated alkanes) is 2. The highest BCUT2D eigenvalue weighted by Crippen LogP contribution is 2.03. The van der Waals surface area contributed by atoms with Crippen LogP contribution in [0.3, 0.4) is 0 Å². The van der Waals surface area contributed by atoms with Crippen molar-refractivity contribution in [1.82, 2.24) is 0 Å². The molecule has 5 nitrogen and oxygen atoms in total. The van der Waals surface area contributed by atoms with Gasteiger partial charge in [-0.25, -0.2) is 13.2 Å². The zero-order chi connectivity index (χ0) is 10.5. The third-order valence-electron chi connectivity index (χ3n) is 1.66. The Morgan fingerprint density at radius 2 is 2.00 bits per heavy atom. The number of nitrogens with two attached hydrogens (primary N) is 1. The van der Waals surface area contributed by atoms with E-state index < -0.39 is 21.2 Å². The molecule has 0 spiro atoms. The van der Waals surface area contributed by atoms with E-state index in [-0.39, 0.29) is 5.75 Å². The maximum atomic E-state index is 11.1. The van der Waals surface area contributed by atoms with Crippen LogP contribution in [0.25, 0.3) is 0 Å². The van der Waals surface area contributed by atoms with Gasteiger partial charge in [0.05, 0.1) is 5.75 Å². The van der Waals surface area contributed by atoms with E-state index in [0.29, 0.717) is 6.42 Å². The van der Waals surface area contributed by atoms with Crippen LogP contribution in [0, 0.1) is 0 Å². The van der Waals surface area contributed by atoms with E-state index in [1.807, 2.05) is 6.92 Å². The van der Waals surface area contributed by atoms with Crippen LogP contribution < -0.4 is 5.73 Å². The molecule has 0 heterocycles. The molecule has 0 aliphatic heterocycles. The Hall–Kier alpha value is -0.620. The number of hydrogen-bond donors (Lipinski definition) is 2. The summed E-state index contributed by atoms with van der Waals surface area (Å²) >= 11 is 0. The summed E-state index contributed by atoms with van der Waals surface area (Å²) in [6, 6.07) is 0. The molecular formula is C7H15NO4S. The first kappa shape index (κ1) is 12.4. The van der Waals surface area contributed by atoms with Gasteiger partial charge in [-0.1, -0.05) is 19.8 Å². The van der Waals surface area contributed by atoms with E-state index >= 15 is 0 Å². The van der Waals surface area contributed by atoms with E-state index in [1.165, 1.54) is 0 Å². The Morgan fingerprint density at radius 3 is 2.38 bits per heavy atom. The maximum absolute atomic E-state index is 11.1. The van der Waals surface area contributed by atoms with Crippen molar-refractivity contribution in [3.05, 3.63) is 0 Å². The van der Waals surface area contributed by atoms with Crippen molar-refractivity contribution in [1.29, 1.82) is 0 Å². The maximum Gasteiger partial charge on any atom is 0.336 e. The minimum Gasteiger partial charge on any atom is -0.479 e. The van der Waals surface area contributed by atoms with E-state index in [2.05, 4.69) is 0 Å². The van der Waals surface area contributed by atoms with E-state index in [0.717, 1.165) is 12.8 Å². The predicted octanol–water partition coefficient (Wildman–Crippen LogP) is -0.0392. The Kier molecular flexibility index (Phi) is 4.94. The van der Waals surface area contributed by atoms with Gasteiger partial charge in [-0.3, -0.25) is 0 Å². The lowest BCUT2D eigenvalue weighted by atomic mass is 10.3. The first-order valence-electron chi connectivity index (χ1n) is 4.11. The standard InChI is InChI=1S/C7H15NO4S/c1-2-3-4-5-13(11,12)6(8)7(9)10/h6H,2-5,8H2,1H3,(H,9,10). The van der Waals surface area contributed by atoms with Crippen LogP contribution in [-0.2, 0) is 14.6 Å². The second-order valence-corrected chi connectivity index (χ2v) is 5.07. The Labute approximate surface area is 77.8 Å². The fraction of sp³-hybridized carbons (Fsp3) is 0.857. The second kappa shape index (κ2) is 5.18. The summed E-state index contributed by atoms with van der Waals surface area (Å²) in [5.41, 5.74) is 4.99. The molecule has 0 aliphatic carbocycles. The predicted molar refractivity (Wildman–Crippen MR) is 48.9 cm³/mol. The summed E-state index contributed by atoms with van der Waals surface area (Å²) in [6.07, 6.45) is 2.13. The zero-order valence-electron chi connectivity index (χ0n) is 7.56. The van der Waals surface area contributed by atoms with Crippen molar-refractivity contribution in [3.63, 3.8) is 0 Å². The first-order chi connectivity index (χ1) is 5.91. The molecule has 1 unspecified atom stereocenters. The van der Waals surface area contributed by atoms with Crippen molar-refractivity contribution in [2.24, 2.45) is 5.73 Å². The number of sulfone groups is 1. The lowest BCUT2D eigenvalue weighted by Crippen LogP contribution is -2.39. The molecule has 0 aromatic rings. The second-order valence-electron chi connectivity index (χ2n) is 2.83. The summed E-state index contributed by atoms with van der Waals surface area (Å²) in [5, 5.41) is 6.60. The lowest BCUT2D eigenvalue weighted by Gasteiger charge is -2.07. The van der Waals surface area contributed by atoms with E-state index in [9.17, 15) is 13.2 Å². The fourth-order valence-corrected chi connectivity index (χ4v) is 2.00. The number of rotatable bonds is 6. The minimum atomic E-state index is -3.65. The third-order valence-corrected chi connectivity index (χ3v) is 3.50. The lowest BCUT2D eigenvalue weighted by molar-refractivity contribution is -0.136. The summed E-state index contributed by atoms with van der Waals surface area (Å²) in [4.78, 5) is 10.3. The molecule has 13 heavy (non-hydrogen) atoms. The smallest absolute Gasteiger partial charge is 0.336 e. The summed E-state index contributed by atoms with van der Waals surface area (Å²) < 4.78 is 22.3. The highest BCUT2D eigenvalue weighted by Gasteiger charge is 2.27. The molecule has 0 aliphatic rings. The van der Waals surface area contributed by atoms with Gasteiger partial charge in [0.15, 0.2) is 9.84 Å². The van der Waals surface area contributed by atoms with Crippen LogP contribution >= 0.6 is 0 Å². The van der Waals surface area contributed by atoms with Gasteiger partial charge < -0.3 is 10.8 Å². The average Bonchev–Trinajstić information content (AvgIpc) is 2.03. The number of carbonyl (C=O) groups is 1. The van der Waals surface area contributed by atoms with Crippen LogP contribution in [0.15, 0.2) is 0 Å². The summed E-state index contributed by atoms with van der Waals surface area (Å²) in [6.45, 7) is 1.93.